The predicted molar refractivity (Wildman–Crippen MR) is 75.8 cm³/mol. The maximum Gasteiger partial charge on any atom is 0.181 e. The van der Waals surface area contributed by atoms with Crippen molar-refractivity contribution in [3.05, 3.63) is 35.4 Å². The highest BCUT2D eigenvalue weighted by molar-refractivity contribution is 5.24. The second-order valence-electron chi connectivity index (χ2n) is 5.56. The van der Waals surface area contributed by atoms with Gasteiger partial charge in [-0.2, -0.15) is 0 Å². The van der Waals surface area contributed by atoms with Crippen LogP contribution in [-0.2, 0) is 16.0 Å². The lowest BCUT2D eigenvalue weighted by Crippen LogP contribution is -2.35. The Morgan fingerprint density at radius 3 is 2.63 bits per heavy atom. The molecule has 0 spiro atoms. The van der Waals surface area contributed by atoms with Crippen molar-refractivity contribution in [1.82, 2.24) is 5.32 Å². The third-order valence-electron chi connectivity index (χ3n) is 2.62. The lowest BCUT2D eigenvalue weighted by molar-refractivity contribution is -0.113. The fraction of sp³-hybridized carbons (Fsp3) is 0.600. The first-order chi connectivity index (χ1) is 8.92. The Kier molecular flexibility index (Phi) is 6.45. The van der Waals surface area contributed by atoms with Crippen molar-refractivity contribution in [3.8, 4) is 0 Å². The minimum atomic E-state index is -0.898. The number of aliphatic hydroxyl groups excluding tert-OH is 1. The SMILES string of the molecule is COCCOC(O)c1cccc(CNC(C)(C)C)c1. The van der Waals surface area contributed by atoms with Gasteiger partial charge in [-0.05, 0) is 32.4 Å². The first-order valence-electron chi connectivity index (χ1n) is 6.55. The molecule has 4 heteroatoms. The topological polar surface area (TPSA) is 50.7 Å². The summed E-state index contributed by atoms with van der Waals surface area (Å²) in [6.45, 7) is 7.99. The summed E-state index contributed by atoms with van der Waals surface area (Å²) in [6.07, 6.45) is -0.898. The van der Waals surface area contributed by atoms with Crippen molar-refractivity contribution in [2.45, 2.75) is 39.1 Å². The van der Waals surface area contributed by atoms with Gasteiger partial charge in [0.15, 0.2) is 6.29 Å². The zero-order valence-electron chi connectivity index (χ0n) is 12.3. The van der Waals surface area contributed by atoms with Gasteiger partial charge in [-0.25, -0.2) is 0 Å². The zero-order chi connectivity index (χ0) is 14.3. The van der Waals surface area contributed by atoms with Gasteiger partial charge >= 0.3 is 0 Å². The largest absolute Gasteiger partial charge is 0.382 e. The smallest absolute Gasteiger partial charge is 0.181 e. The molecule has 0 aromatic heterocycles. The highest BCUT2D eigenvalue weighted by atomic mass is 16.6. The molecular formula is C15H25NO3. The van der Waals surface area contributed by atoms with Crippen LogP contribution in [0.2, 0.25) is 0 Å². The number of benzene rings is 1. The molecule has 0 heterocycles. The van der Waals surface area contributed by atoms with Crippen LogP contribution in [-0.4, -0.2) is 31.0 Å². The highest BCUT2D eigenvalue weighted by Gasteiger charge is 2.11. The van der Waals surface area contributed by atoms with Crippen LogP contribution in [0.4, 0.5) is 0 Å². The second kappa shape index (κ2) is 7.60. The average Bonchev–Trinajstić information content (AvgIpc) is 2.36. The van der Waals surface area contributed by atoms with Crippen LogP contribution in [0.15, 0.2) is 24.3 Å². The fourth-order valence-corrected chi connectivity index (χ4v) is 1.56. The Morgan fingerprint density at radius 1 is 1.26 bits per heavy atom. The van der Waals surface area contributed by atoms with Crippen LogP contribution in [0.25, 0.3) is 0 Å². The van der Waals surface area contributed by atoms with Crippen molar-refractivity contribution < 1.29 is 14.6 Å². The maximum atomic E-state index is 9.90. The van der Waals surface area contributed by atoms with E-state index in [0.29, 0.717) is 13.2 Å². The van der Waals surface area contributed by atoms with Gasteiger partial charge in [-0.3, -0.25) is 0 Å². The Labute approximate surface area is 115 Å². The number of methoxy groups -OCH3 is 1. The molecule has 0 fully saturated rings. The monoisotopic (exact) mass is 267 g/mol. The summed E-state index contributed by atoms with van der Waals surface area (Å²) in [5, 5.41) is 13.3. The maximum absolute atomic E-state index is 9.90. The van der Waals surface area contributed by atoms with Crippen molar-refractivity contribution in [2.75, 3.05) is 20.3 Å². The molecule has 0 saturated carbocycles. The molecule has 0 amide bonds. The van der Waals surface area contributed by atoms with E-state index in [1.807, 2.05) is 24.3 Å². The lowest BCUT2D eigenvalue weighted by Gasteiger charge is -2.21. The van der Waals surface area contributed by atoms with E-state index in [1.165, 1.54) is 0 Å². The zero-order valence-corrected chi connectivity index (χ0v) is 12.3. The summed E-state index contributed by atoms with van der Waals surface area (Å²) in [5.41, 5.74) is 1.97. The van der Waals surface area contributed by atoms with E-state index >= 15 is 0 Å². The number of aliphatic hydroxyl groups is 1. The molecule has 1 rings (SSSR count). The first-order valence-corrected chi connectivity index (χ1v) is 6.55. The molecule has 1 atom stereocenters. The molecule has 0 aliphatic rings. The van der Waals surface area contributed by atoms with Gasteiger partial charge in [0.1, 0.15) is 0 Å². The third kappa shape index (κ3) is 6.68. The second-order valence-corrected chi connectivity index (χ2v) is 5.56. The van der Waals surface area contributed by atoms with Gasteiger partial charge in [-0.15, -0.1) is 0 Å². The van der Waals surface area contributed by atoms with Gasteiger partial charge in [0.2, 0.25) is 0 Å². The van der Waals surface area contributed by atoms with Gasteiger partial charge in [0.25, 0.3) is 0 Å². The normalized spacial score (nSPS) is 13.5. The molecule has 0 saturated heterocycles. The van der Waals surface area contributed by atoms with Crippen LogP contribution in [0.5, 0.6) is 0 Å². The Hall–Kier alpha value is -0.940. The summed E-state index contributed by atoms with van der Waals surface area (Å²) in [6, 6.07) is 7.77. The molecule has 0 radical (unpaired) electrons. The summed E-state index contributed by atoms with van der Waals surface area (Å²) in [5.74, 6) is 0. The van der Waals surface area contributed by atoms with E-state index in [2.05, 4.69) is 26.1 Å². The molecule has 0 aliphatic heterocycles. The van der Waals surface area contributed by atoms with E-state index in [9.17, 15) is 5.11 Å². The molecule has 19 heavy (non-hydrogen) atoms. The predicted octanol–water partition coefficient (Wildman–Crippen LogP) is 2.23. The van der Waals surface area contributed by atoms with Crippen molar-refractivity contribution in [3.63, 3.8) is 0 Å². The number of nitrogens with one attached hydrogen (secondary N) is 1. The number of ether oxygens (including phenoxy) is 2. The highest BCUT2D eigenvalue weighted by Crippen LogP contribution is 2.16. The van der Waals surface area contributed by atoms with Crippen molar-refractivity contribution in [1.29, 1.82) is 0 Å². The Morgan fingerprint density at radius 2 is 2.00 bits per heavy atom. The van der Waals surface area contributed by atoms with Crippen molar-refractivity contribution in [2.24, 2.45) is 0 Å². The van der Waals surface area contributed by atoms with E-state index < -0.39 is 6.29 Å². The van der Waals surface area contributed by atoms with Crippen LogP contribution in [0.3, 0.4) is 0 Å². The molecule has 2 N–H and O–H groups in total. The van der Waals surface area contributed by atoms with Crippen molar-refractivity contribution >= 4 is 0 Å². The van der Waals surface area contributed by atoms with Gasteiger partial charge in [-0.1, -0.05) is 18.2 Å². The molecule has 1 aromatic carbocycles. The minimum Gasteiger partial charge on any atom is -0.382 e. The number of hydrogen-bond donors (Lipinski definition) is 2. The Bertz CT molecular complexity index is 374. The van der Waals surface area contributed by atoms with Crippen LogP contribution in [0.1, 0.15) is 38.2 Å². The standard InChI is InChI=1S/C15H25NO3/c1-15(2,3)16-11-12-6-5-7-13(10-12)14(17)19-9-8-18-4/h5-7,10,14,16-17H,8-9,11H2,1-4H3. The van der Waals surface area contributed by atoms with Crippen LogP contribution >= 0.6 is 0 Å². The Balaban J connectivity index is 2.56. The number of rotatable bonds is 7. The molecule has 1 aromatic rings. The molecule has 4 nitrogen and oxygen atoms in total. The molecule has 0 aliphatic carbocycles. The van der Waals surface area contributed by atoms with Crippen LogP contribution in [0, 0.1) is 0 Å². The molecule has 108 valence electrons. The molecule has 1 unspecified atom stereocenters. The van der Waals surface area contributed by atoms with Gasteiger partial charge < -0.3 is 19.9 Å². The first kappa shape index (κ1) is 16.1. The average molecular weight is 267 g/mol. The molecular weight excluding hydrogens is 242 g/mol. The summed E-state index contributed by atoms with van der Waals surface area (Å²) in [4.78, 5) is 0. The van der Waals surface area contributed by atoms with E-state index in [-0.39, 0.29) is 5.54 Å². The summed E-state index contributed by atoms with van der Waals surface area (Å²) >= 11 is 0. The van der Waals surface area contributed by atoms with Crippen LogP contribution < -0.4 is 5.32 Å². The summed E-state index contributed by atoms with van der Waals surface area (Å²) in [7, 11) is 1.61. The van der Waals surface area contributed by atoms with Gasteiger partial charge in [0.05, 0.1) is 13.2 Å². The quantitative estimate of drug-likeness (QED) is 0.587. The number of hydrogen-bond acceptors (Lipinski definition) is 4. The van der Waals surface area contributed by atoms with E-state index in [4.69, 9.17) is 9.47 Å². The lowest BCUT2D eigenvalue weighted by atomic mass is 10.1. The fourth-order valence-electron chi connectivity index (χ4n) is 1.56. The van der Waals surface area contributed by atoms with E-state index in [0.717, 1.165) is 17.7 Å². The molecule has 0 bridgehead atoms. The van der Waals surface area contributed by atoms with Gasteiger partial charge in [0, 0.05) is 24.8 Å². The third-order valence-corrected chi connectivity index (χ3v) is 2.62. The van der Waals surface area contributed by atoms with E-state index in [1.54, 1.807) is 7.11 Å². The minimum absolute atomic E-state index is 0.0730. The summed E-state index contributed by atoms with van der Waals surface area (Å²) < 4.78 is 10.2.